The van der Waals surface area contributed by atoms with E-state index < -0.39 is 10.0 Å². The Bertz CT molecular complexity index is 721. The molecule has 0 saturated heterocycles. The zero-order chi connectivity index (χ0) is 13.9. The van der Waals surface area contributed by atoms with Crippen molar-refractivity contribution >= 4 is 21.6 Å². The van der Waals surface area contributed by atoms with Crippen LogP contribution in [0.4, 0.5) is 0 Å². The first-order valence-corrected chi connectivity index (χ1v) is 6.92. The van der Waals surface area contributed by atoms with Gasteiger partial charge in [0.25, 0.3) is 0 Å². The average Bonchev–Trinajstić information content (AvgIpc) is 2.89. The number of sulfonamides is 1. The number of hydrogen-bond donors (Lipinski definition) is 2. The van der Waals surface area contributed by atoms with E-state index >= 15 is 0 Å². The van der Waals surface area contributed by atoms with E-state index in [1.165, 1.54) is 24.5 Å². The third-order valence-corrected chi connectivity index (χ3v) is 3.92. The van der Waals surface area contributed by atoms with Crippen molar-refractivity contribution in [2.45, 2.75) is 11.4 Å². The van der Waals surface area contributed by atoms with Gasteiger partial charge in [-0.25, -0.2) is 18.1 Å². The zero-order valence-electron chi connectivity index (χ0n) is 9.46. The number of hydrogen-bond acceptors (Lipinski definition) is 5. The summed E-state index contributed by atoms with van der Waals surface area (Å²) in [6, 6.07) is 5.84. The van der Waals surface area contributed by atoms with Crippen molar-refractivity contribution in [3.05, 3.63) is 40.9 Å². The molecule has 0 spiro atoms. The first-order chi connectivity index (χ1) is 9.03. The van der Waals surface area contributed by atoms with Gasteiger partial charge < -0.3 is 0 Å². The van der Waals surface area contributed by atoms with Crippen LogP contribution in [-0.4, -0.2) is 23.6 Å². The van der Waals surface area contributed by atoms with Gasteiger partial charge in [-0.2, -0.15) is 10.4 Å². The Balaban J connectivity index is 2.29. The van der Waals surface area contributed by atoms with Gasteiger partial charge in [0.2, 0.25) is 10.0 Å². The lowest BCUT2D eigenvalue weighted by molar-refractivity contribution is 0.579. The molecule has 2 N–H and O–H groups in total. The fourth-order valence-electron chi connectivity index (χ4n) is 1.37. The molecule has 1 aromatic carbocycles. The van der Waals surface area contributed by atoms with Crippen LogP contribution in [0.5, 0.6) is 0 Å². The summed E-state index contributed by atoms with van der Waals surface area (Å²) in [7, 11) is -3.85. The molecule has 0 aliphatic heterocycles. The smallest absolute Gasteiger partial charge is 0.242 e. The summed E-state index contributed by atoms with van der Waals surface area (Å²) in [6.45, 7) is -0.0558. The van der Waals surface area contributed by atoms with E-state index in [2.05, 4.69) is 19.9 Å². The minimum Gasteiger partial charge on any atom is -0.262 e. The second-order valence-electron chi connectivity index (χ2n) is 3.51. The monoisotopic (exact) mass is 297 g/mol. The van der Waals surface area contributed by atoms with Crippen molar-refractivity contribution in [1.82, 2.24) is 19.9 Å². The number of nitriles is 1. The van der Waals surface area contributed by atoms with Gasteiger partial charge in [0.15, 0.2) is 0 Å². The Hall–Kier alpha value is -1.95. The van der Waals surface area contributed by atoms with Crippen molar-refractivity contribution < 1.29 is 8.42 Å². The lowest BCUT2D eigenvalue weighted by Gasteiger charge is -2.07. The van der Waals surface area contributed by atoms with Crippen LogP contribution in [0.25, 0.3) is 0 Å². The molecule has 9 heteroatoms. The Morgan fingerprint density at radius 3 is 2.89 bits per heavy atom. The maximum atomic E-state index is 12.1. The lowest BCUT2D eigenvalue weighted by atomic mass is 10.2. The van der Waals surface area contributed by atoms with Crippen LogP contribution in [0.2, 0.25) is 5.02 Å². The van der Waals surface area contributed by atoms with Gasteiger partial charge in [0.05, 0.1) is 12.1 Å². The summed E-state index contributed by atoms with van der Waals surface area (Å²) in [5.41, 5.74) is 0.0227. The highest BCUT2D eigenvalue weighted by Gasteiger charge is 2.19. The number of aromatic amines is 1. The molecule has 98 valence electrons. The number of nitrogens with one attached hydrogen (secondary N) is 2. The summed E-state index contributed by atoms with van der Waals surface area (Å²) in [4.78, 5) is 3.62. The predicted octanol–water partition coefficient (Wildman–Crippen LogP) is 0.808. The highest BCUT2D eigenvalue weighted by molar-refractivity contribution is 7.89. The minimum absolute atomic E-state index is 0.0227. The summed E-state index contributed by atoms with van der Waals surface area (Å²) < 4.78 is 26.5. The summed E-state index contributed by atoms with van der Waals surface area (Å²) in [5.74, 6) is 0.365. The van der Waals surface area contributed by atoms with Crippen LogP contribution in [-0.2, 0) is 16.6 Å². The summed E-state index contributed by atoms with van der Waals surface area (Å²) in [6.07, 6.45) is 1.27. The average molecular weight is 298 g/mol. The predicted molar refractivity (Wildman–Crippen MR) is 66.6 cm³/mol. The highest BCUT2D eigenvalue weighted by Crippen LogP contribution is 2.20. The number of nitrogens with zero attached hydrogens (tertiary/aromatic N) is 3. The normalized spacial score (nSPS) is 11.2. The fourth-order valence-corrected chi connectivity index (χ4v) is 2.77. The fraction of sp³-hybridized carbons (Fsp3) is 0.100. The molecular formula is C10H8ClN5O2S. The van der Waals surface area contributed by atoms with Crippen LogP contribution in [0.1, 0.15) is 11.4 Å². The van der Waals surface area contributed by atoms with Gasteiger partial charge in [-0.3, -0.25) is 5.10 Å². The van der Waals surface area contributed by atoms with Gasteiger partial charge in [-0.15, -0.1) is 0 Å². The van der Waals surface area contributed by atoms with Crippen LogP contribution in [0.15, 0.2) is 29.4 Å². The van der Waals surface area contributed by atoms with Crippen molar-refractivity contribution in [2.75, 3.05) is 0 Å². The third-order valence-electron chi connectivity index (χ3n) is 2.25. The van der Waals surface area contributed by atoms with E-state index in [-0.39, 0.29) is 22.0 Å². The maximum Gasteiger partial charge on any atom is 0.242 e. The largest absolute Gasteiger partial charge is 0.262 e. The van der Waals surface area contributed by atoms with Gasteiger partial charge >= 0.3 is 0 Å². The van der Waals surface area contributed by atoms with Gasteiger partial charge in [-0.05, 0) is 18.2 Å². The molecule has 0 aliphatic carbocycles. The van der Waals surface area contributed by atoms with Crippen LogP contribution >= 0.6 is 11.6 Å². The molecule has 0 unspecified atom stereocenters. The van der Waals surface area contributed by atoms with Crippen molar-refractivity contribution in [2.24, 2.45) is 0 Å². The second kappa shape index (κ2) is 5.36. The maximum absolute atomic E-state index is 12.1. The molecule has 0 fully saturated rings. The van der Waals surface area contributed by atoms with Gasteiger partial charge in [-0.1, -0.05) is 11.6 Å². The van der Waals surface area contributed by atoms with Crippen LogP contribution in [0, 0.1) is 11.3 Å². The Kier molecular flexibility index (Phi) is 3.80. The quantitative estimate of drug-likeness (QED) is 0.867. The molecule has 2 aromatic rings. The molecule has 1 aromatic heterocycles. The van der Waals surface area contributed by atoms with E-state index in [0.29, 0.717) is 5.82 Å². The Morgan fingerprint density at radius 2 is 2.26 bits per heavy atom. The number of H-pyrrole nitrogens is 1. The van der Waals surface area contributed by atoms with Crippen molar-refractivity contribution in [3.63, 3.8) is 0 Å². The van der Waals surface area contributed by atoms with Crippen molar-refractivity contribution in [3.8, 4) is 6.07 Å². The van der Waals surface area contributed by atoms with Crippen molar-refractivity contribution in [1.29, 1.82) is 5.26 Å². The highest BCUT2D eigenvalue weighted by atomic mass is 35.5. The molecule has 0 saturated carbocycles. The first kappa shape index (κ1) is 13.5. The number of rotatable bonds is 4. The minimum atomic E-state index is -3.85. The molecule has 1 heterocycles. The molecule has 0 atom stereocenters. The summed E-state index contributed by atoms with van der Waals surface area (Å²) in [5, 5.41) is 15.3. The summed E-state index contributed by atoms with van der Waals surface area (Å²) >= 11 is 5.75. The van der Waals surface area contributed by atoms with E-state index in [0.717, 1.165) is 0 Å². The number of halogens is 1. The number of aromatic nitrogens is 3. The molecule has 19 heavy (non-hydrogen) atoms. The van der Waals surface area contributed by atoms with E-state index in [9.17, 15) is 8.42 Å². The molecule has 0 bridgehead atoms. The third kappa shape index (κ3) is 3.08. The number of benzene rings is 1. The Morgan fingerprint density at radius 1 is 1.47 bits per heavy atom. The van der Waals surface area contributed by atoms with Gasteiger partial charge in [0.1, 0.15) is 23.1 Å². The topological polar surface area (TPSA) is 112 Å². The van der Waals surface area contributed by atoms with Crippen LogP contribution < -0.4 is 4.72 Å². The zero-order valence-corrected chi connectivity index (χ0v) is 11.0. The van der Waals surface area contributed by atoms with Crippen LogP contribution in [0.3, 0.4) is 0 Å². The molecule has 7 nitrogen and oxygen atoms in total. The first-order valence-electron chi connectivity index (χ1n) is 5.06. The molecule has 2 rings (SSSR count). The molecule has 0 aliphatic rings. The molecule has 0 amide bonds. The second-order valence-corrected chi connectivity index (χ2v) is 5.68. The van der Waals surface area contributed by atoms with Gasteiger partial charge in [0, 0.05) is 5.02 Å². The van der Waals surface area contributed by atoms with E-state index in [4.69, 9.17) is 16.9 Å². The molecular weight excluding hydrogens is 290 g/mol. The lowest BCUT2D eigenvalue weighted by Crippen LogP contribution is -2.24. The standard InChI is InChI=1S/C10H8ClN5O2S/c11-8-2-1-7(4-12)9(3-8)19(17,18)15-5-10-13-6-14-16-10/h1-3,6,15H,5H2,(H,13,14,16). The molecule has 0 radical (unpaired) electrons. The van der Waals surface area contributed by atoms with E-state index in [1.807, 2.05) is 6.07 Å². The SMILES string of the molecule is N#Cc1ccc(Cl)cc1S(=O)(=O)NCc1ncn[nH]1. The Labute approximate surface area is 114 Å². The van der Waals surface area contributed by atoms with E-state index in [1.54, 1.807) is 0 Å².